The highest BCUT2D eigenvalue weighted by molar-refractivity contribution is 5.59. The Labute approximate surface area is 51.4 Å². The summed E-state index contributed by atoms with van der Waals surface area (Å²) in [7, 11) is 0. The van der Waals surface area contributed by atoms with Crippen molar-refractivity contribution < 1.29 is 4.63 Å². The average molecular weight is 126 g/mol. The van der Waals surface area contributed by atoms with Crippen LogP contribution in [0, 0.1) is 0 Å². The summed E-state index contributed by atoms with van der Waals surface area (Å²) in [6.07, 6.45) is 0. The van der Waals surface area contributed by atoms with E-state index in [0.29, 0.717) is 11.6 Å². The molecule has 2 N–H and O–H groups in total. The van der Waals surface area contributed by atoms with Gasteiger partial charge in [-0.2, -0.15) is 0 Å². The standard InChI is InChI=1S/C4H6N4O/c1-2-6-4-3(5-1)7-9-8-4/h1-2H2,(H,5,7)(H,6,8). The summed E-state index contributed by atoms with van der Waals surface area (Å²) in [6, 6.07) is 0. The zero-order valence-corrected chi connectivity index (χ0v) is 4.72. The average Bonchev–Trinajstić information content (AvgIpc) is 2.33. The fraction of sp³-hybridized carbons (Fsp3) is 0.500. The van der Waals surface area contributed by atoms with Crippen LogP contribution in [0.5, 0.6) is 0 Å². The first-order valence-electron chi connectivity index (χ1n) is 2.77. The molecule has 0 atom stereocenters. The maximum atomic E-state index is 4.44. The van der Waals surface area contributed by atoms with Crippen LogP contribution in [0.3, 0.4) is 0 Å². The summed E-state index contributed by atoms with van der Waals surface area (Å²) < 4.78 is 4.44. The number of hydrogen-bond acceptors (Lipinski definition) is 5. The first-order chi connectivity index (χ1) is 4.47. The van der Waals surface area contributed by atoms with Crippen LogP contribution in [0.25, 0.3) is 0 Å². The summed E-state index contributed by atoms with van der Waals surface area (Å²) in [5, 5.41) is 13.2. The number of aromatic nitrogens is 2. The van der Waals surface area contributed by atoms with Crippen molar-refractivity contribution >= 4 is 11.6 Å². The highest BCUT2D eigenvalue weighted by Crippen LogP contribution is 2.16. The first kappa shape index (κ1) is 4.60. The molecule has 9 heavy (non-hydrogen) atoms. The topological polar surface area (TPSA) is 63.0 Å². The van der Waals surface area contributed by atoms with Gasteiger partial charge < -0.3 is 10.6 Å². The SMILES string of the molecule is C1CNc2nonc2N1. The molecule has 0 aliphatic carbocycles. The van der Waals surface area contributed by atoms with Crippen molar-refractivity contribution in [2.45, 2.75) is 0 Å². The van der Waals surface area contributed by atoms with E-state index in [1.807, 2.05) is 0 Å². The molecule has 5 nitrogen and oxygen atoms in total. The van der Waals surface area contributed by atoms with Gasteiger partial charge in [-0.25, -0.2) is 4.63 Å². The zero-order chi connectivity index (χ0) is 6.10. The van der Waals surface area contributed by atoms with Gasteiger partial charge in [-0.1, -0.05) is 0 Å². The Morgan fingerprint density at radius 1 is 1.11 bits per heavy atom. The van der Waals surface area contributed by atoms with Gasteiger partial charge in [0, 0.05) is 13.1 Å². The van der Waals surface area contributed by atoms with Gasteiger partial charge in [-0.3, -0.25) is 0 Å². The molecule has 48 valence electrons. The van der Waals surface area contributed by atoms with Gasteiger partial charge in [-0.05, 0) is 10.3 Å². The minimum Gasteiger partial charge on any atom is -0.362 e. The minimum atomic E-state index is 0.709. The van der Waals surface area contributed by atoms with Crippen LogP contribution in [0.15, 0.2) is 4.63 Å². The van der Waals surface area contributed by atoms with Crippen LogP contribution in [-0.4, -0.2) is 23.4 Å². The summed E-state index contributed by atoms with van der Waals surface area (Å²) in [6.45, 7) is 1.75. The third kappa shape index (κ3) is 0.611. The molecule has 0 bridgehead atoms. The number of hydrogen-bond donors (Lipinski definition) is 2. The van der Waals surface area contributed by atoms with Gasteiger partial charge in [0.15, 0.2) is 0 Å². The zero-order valence-electron chi connectivity index (χ0n) is 4.72. The van der Waals surface area contributed by atoms with E-state index in [1.165, 1.54) is 0 Å². The van der Waals surface area contributed by atoms with E-state index >= 15 is 0 Å². The van der Waals surface area contributed by atoms with Gasteiger partial charge >= 0.3 is 0 Å². The molecule has 2 rings (SSSR count). The molecule has 1 aliphatic heterocycles. The largest absolute Gasteiger partial charge is 0.362 e. The number of anilines is 2. The highest BCUT2D eigenvalue weighted by Gasteiger charge is 2.11. The van der Waals surface area contributed by atoms with E-state index in [9.17, 15) is 0 Å². The Morgan fingerprint density at radius 2 is 1.67 bits per heavy atom. The third-order valence-corrected chi connectivity index (χ3v) is 1.20. The van der Waals surface area contributed by atoms with Crippen molar-refractivity contribution in [2.75, 3.05) is 23.7 Å². The van der Waals surface area contributed by atoms with Crippen LogP contribution < -0.4 is 10.6 Å². The molecule has 2 heterocycles. The predicted molar refractivity (Wildman–Crippen MR) is 31.3 cm³/mol. The lowest BCUT2D eigenvalue weighted by atomic mass is 10.4. The molecule has 1 aromatic rings. The second-order valence-corrected chi connectivity index (χ2v) is 1.81. The summed E-state index contributed by atoms with van der Waals surface area (Å²) in [5.41, 5.74) is 0. The van der Waals surface area contributed by atoms with E-state index in [2.05, 4.69) is 25.6 Å². The van der Waals surface area contributed by atoms with Crippen LogP contribution in [-0.2, 0) is 0 Å². The Bertz CT molecular complexity index is 188. The molecule has 1 aliphatic rings. The quantitative estimate of drug-likeness (QED) is 0.508. The molecule has 0 fully saturated rings. The van der Waals surface area contributed by atoms with Crippen molar-refractivity contribution in [3.05, 3.63) is 0 Å². The molecular formula is C4H6N4O. The molecular weight excluding hydrogens is 120 g/mol. The van der Waals surface area contributed by atoms with Crippen molar-refractivity contribution in [1.29, 1.82) is 0 Å². The number of fused-ring (bicyclic) bond motifs is 1. The molecule has 0 saturated carbocycles. The van der Waals surface area contributed by atoms with E-state index in [-0.39, 0.29) is 0 Å². The van der Waals surface area contributed by atoms with Gasteiger partial charge in [0.25, 0.3) is 0 Å². The second-order valence-electron chi connectivity index (χ2n) is 1.81. The van der Waals surface area contributed by atoms with E-state index < -0.39 is 0 Å². The first-order valence-corrected chi connectivity index (χ1v) is 2.77. The summed E-state index contributed by atoms with van der Waals surface area (Å²) >= 11 is 0. The Hall–Kier alpha value is -1.26. The van der Waals surface area contributed by atoms with Crippen molar-refractivity contribution in [2.24, 2.45) is 0 Å². The predicted octanol–water partition coefficient (Wildman–Crippen LogP) is -0.0930. The second kappa shape index (κ2) is 1.61. The maximum absolute atomic E-state index is 4.44. The van der Waals surface area contributed by atoms with Crippen molar-refractivity contribution in [3.63, 3.8) is 0 Å². The fourth-order valence-electron chi connectivity index (χ4n) is 0.782. The normalized spacial score (nSPS) is 15.6. The van der Waals surface area contributed by atoms with Gasteiger partial charge in [0.05, 0.1) is 0 Å². The number of nitrogens with zero attached hydrogens (tertiary/aromatic N) is 2. The molecule has 1 aromatic heterocycles. The van der Waals surface area contributed by atoms with Crippen LogP contribution in [0.4, 0.5) is 11.6 Å². The van der Waals surface area contributed by atoms with E-state index in [4.69, 9.17) is 0 Å². The van der Waals surface area contributed by atoms with Crippen molar-refractivity contribution in [3.8, 4) is 0 Å². The molecule has 0 radical (unpaired) electrons. The molecule has 0 spiro atoms. The van der Waals surface area contributed by atoms with Crippen LogP contribution in [0.2, 0.25) is 0 Å². The van der Waals surface area contributed by atoms with Crippen LogP contribution in [0.1, 0.15) is 0 Å². The van der Waals surface area contributed by atoms with Crippen LogP contribution >= 0.6 is 0 Å². The lowest BCUT2D eigenvalue weighted by Crippen LogP contribution is -2.20. The lowest BCUT2D eigenvalue weighted by Gasteiger charge is -2.10. The smallest absolute Gasteiger partial charge is 0.215 e. The number of rotatable bonds is 0. The third-order valence-electron chi connectivity index (χ3n) is 1.20. The van der Waals surface area contributed by atoms with E-state index in [1.54, 1.807) is 0 Å². The van der Waals surface area contributed by atoms with E-state index in [0.717, 1.165) is 13.1 Å². The molecule has 0 saturated heterocycles. The Balaban J connectivity index is 2.39. The molecule has 0 unspecified atom stereocenters. The monoisotopic (exact) mass is 126 g/mol. The van der Waals surface area contributed by atoms with Gasteiger partial charge in [-0.15, -0.1) is 0 Å². The molecule has 0 aromatic carbocycles. The highest BCUT2D eigenvalue weighted by atomic mass is 16.6. The maximum Gasteiger partial charge on any atom is 0.215 e. The summed E-state index contributed by atoms with van der Waals surface area (Å²) in [5.74, 6) is 1.42. The summed E-state index contributed by atoms with van der Waals surface area (Å²) in [4.78, 5) is 0. The Morgan fingerprint density at radius 3 is 2.22 bits per heavy atom. The van der Waals surface area contributed by atoms with Gasteiger partial charge in [0.1, 0.15) is 0 Å². The molecule has 0 amide bonds. The number of nitrogens with one attached hydrogen (secondary N) is 2. The lowest BCUT2D eigenvalue weighted by molar-refractivity contribution is 0.310. The fourth-order valence-corrected chi connectivity index (χ4v) is 0.782. The molecule has 5 heteroatoms. The minimum absolute atomic E-state index is 0.709. The van der Waals surface area contributed by atoms with Gasteiger partial charge in [0.2, 0.25) is 11.6 Å². The Kier molecular flexibility index (Phi) is 0.824. The van der Waals surface area contributed by atoms with Crippen molar-refractivity contribution in [1.82, 2.24) is 10.3 Å².